The second kappa shape index (κ2) is 68.8. The number of hydrogen-bond donors (Lipinski definition) is 0. The topological polar surface area (TPSA) is 78.9 Å². The summed E-state index contributed by atoms with van der Waals surface area (Å²) in [7, 11) is 0. The van der Waals surface area contributed by atoms with Crippen LogP contribution in [0.2, 0.25) is 0 Å². The molecule has 0 saturated heterocycles. The van der Waals surface area contributed by atoms with Gasteiger partial charge in [0.25, 0.3) is 0 Å². The molecule has 0 radical (unpaired) electrons. The summed E-state index contributed by atoms with van der Waals surface area (Å²) in [6, 6.07) is 0. The zero-order valence-electron chi connectivity index (χ0n) is 53.5. The molecule has 0 aliphatic heterocycles. The van der Waals surface area contributed by atoms with Crippen LogP contribution in [-0.2, 0) is 28.6 Å². The molecule has 6 heteroatoms. The summed E-state index contributed by atoms with van der Waals surface area (Å²) in [6.07, 6.45) is 92.8. The summed E-state index contributed by atoms with van der Waals surface area (Å²) >= 11 is 0. The minimum atomic E-state index is -0.782. The number of unbranched alkanes of at least 4 members (excludes halogenated alkanes) is 36. The second-order valence-electron chi connectivity index (χ2n) is 23.1. The molecule has 81 heavy (non-hydrogen) atoms. The molecule has 1 atom stereocenters. The molecule has 0 heterocycles. The first kappa shape index (κ1) is 77.3. The molecule has 0 spiro atoms. The highest BCUT2D eigenvalue weighted by Gasteiger charge is 2.19. The van der Waals surface area contributed by atoms with Gasteiger partial charge in [-0.1, -0.05) is 317 Å². The molecule has 0 aromatic heterocycles. The molecule has 0 amide bonds. The normalized spacial score (nSPS) is 12.7. The minimum absolute atomic E-state index is 0.0768. The van der Waals surface area contributed by atoms with Crippen LogP contribution >= 0.6 is 0 Å². The standard InChI is InChI=1S/C75H130O6/c1-4-7-10-13-16-19-22-25-28-30-31-32-33-34-35-36-37-38-39-40-41-42-43-45-47-50-53-56-59-62-65-68-74(77)80-71-72(70-79-73(76)67-64-61-58-55-52-49-46-27-24-21-18-15-12-9-6-3)81-75(78)69-66-63-60-57-54-51-48-44-29-26-23-20-17-14-11-8-5-2/h7,10,16-17,19-20,25-26,28-29,31-32,34-35,37-38,72H,4-6,8-9,11-15,18,21-24,27,30,33,36,39-71H2,1-3H3/b10-7-,19-16-,20-17-,28-25-,29-26-,32-31-,35-34-,38-37-. The Labute approximate surface area is 502 Å². The van der Waals surface area contributed by atoms with E-state index in [-0.39, 0.29) is 31.1 Å². The van der Waals surface area contributed by atoms with Crippen molar-refractivity contribution in [3.63, 3.8) is 0 Å². The highest BCUT2D eigenvalue weighted by atomic mass is 16.6. The van der Waals surface area contributed by atoms with Gasteiger partial charge >= 0.3 is 17.9 Å². The number of hydrogen-bond acceptors (Lipinski definition) is 6. The second-order valence-corrected chi connectivity index (χ2v) is 23.1. The van der Waals surface area contributed by atoms with Gasteiger partial charge in [-0.05, 0) is 103 Å². The van der Waals surface area contributed by atoms with Gasteiger partial charge in [0.05, 0.1) is 0 Å². The zero-order valence-corrected chi connectivity index (χ0v) is 53.5. The first-order chi connectivity index (χ1) is 40.0. The zero-order chi connectivity index (χ0) is 58.5. The molecule has 0 bridgehead atoms. The van der Waals surface area contributed by atoms with Gasteiger partial charge in [0.15, 0.2) is 6.10 Å². The van der Waals surface area contributed by atoms with Gasteiger partial charge in [-0.15, -0.1) is 0 Å². The van der Waals surface area contributed by atoms with E-state index < -0.39 is 6.10 Å². The number of ether oxygens (including phenoxy) is 3. The molecule has 0 aromatic carbocycles. The number of carbonyl (C=O) groups is 3. The third kappa shape index (κ3) is 67.0. The van der Waals surface area contributed by atoms with Gasteiger partial charge < -0.3 is 14.2 Å². The Balaban J connectivity index is 4.26. The smallest absolute Gasteiger partial charge is 0.306 e. The van der Waals surface area contributed by atoms with Crippen molar-refractivity contribution >= 4 is 17.9 Å². The van der Waals surface area contributed by atoms with Crippen LogP contribution in [-0.4, -0.2) is 37.2 Å². The van der Waals surface area contributed by atoms with E-state index in [2.05, 4.69) is 118 Å². The van der Waals surface area contributed by atoms with Crippen molar-refractivity contribution in [2.45, 2.75) is 348 Å². The van der Waals surface area contributed by atoms with E-state index in [1.807, 2.05) is 0 Å². The molecule has 0 fully saturated rings. The van der Waals surface area contributed by atoms with Crippen molar-refractivity contribution < 1.29 is 28.6 Å². The van der Waals surface area contributed by atoms with Crippen LogP contribution in [0.25, 0.3) is 0 Å². The number of esters is 3. The Bertz CT molecular complexity index is 1580. The number of rotatable bonds is 63. The van der Waals surface area contributed by atoms with E-state index in [9.17, 15) is 14.4 Å². The van der Waals surface area contributed by atoms with Crippen LogP contribution in [0.3, 0.4) is 0 Å². The Morgan fingerprint density at radius 1 is 0.259 bits per heavy atom. The van der Waals surface area contributed by atoms with Crippen molar-refractivity contribution in [2.24, 2.45) is 0 Å². The summed E-state index contributed by atoms with van der Waals surface area (Å²) < 4.78 is 17.0. The quantitative estimate of drug-likeness (QED) is 0.0261. The molecule has 0 aliphatic rings. The molecule has 0 aromatic rings. The van der Waals surface area contributed by atoms with Crippen LogP contribution in [0.4, 0.5) is 0 Å². The van der Waals surface area contributed by atoms with Crippen LogP contribution < -0.4 is 0 Å². The number of allylic oxidation sites excluding steroid dienone is 16. The highest BCUT2D eigenvalue weighted by Crippen LogP contribution is 2.17. The van der Waals surface area contributed by atoms with E-state index in [1.54, 1.807) is 0 Å². The average molecular weight is 1130 g/mol. The third-order valence-electron chi connectivity index (χ3n) is 15.1. The molecular weight excluding hydrogens is 997 g/mol. The SMILES string of the molecule is CC/C=C\C/C=C\C/C=C\C/C=C\C/C=C\C/C=C\CCCCCCCCCCCCCCC(=O)OCC(COC(=O)CCCCCCCCCCCCCCCCC)OC(=O)CCCCCCCCC/C=C\C/C=C\CCCCC. The van der Waals surface area contributed by atoms with Crippen LogP contribution in [0, 0.1) is 0 Å². The molecule has 0 aliphatic carbocycles. The van der Waals surface area contributed by atoms with Gasteiger partial charge in [-0.25, -0.2) is 0 Å². The average Bonchev–Trinajstić information content (AvgIpc) is 3.47. The fourth-order valence-corrected chi connectivity index (χ4v) is 9.89. The Morgan fingerprint density at radius 3 is 0.778 bits per heavy atom. The van der Waals surface area contributed by atoms with E-state index in [4.69, 9.17) is 14.2 Å². The van der Waals surface area contributed by atoms with Crippen LogP contribution in [0.5, 0.6) is 0 Å². The van der Waals surface area contributed by atoms with Crippen molar-refractivity contribution in [1.82, 2.24) is 0 Å². The molecule has 0 saturated carbocycles. The monoisotopic (exact) mass is 1130 g/mol. The van der Waals surface area contributed by atoms with E-state index in [0.717, 1.165) is 109 Å². The lowest BCUT2D eigenvalue weighted by Crippen LogP contribution is -2.30. The summed E-state index contributed by atoms with van der Waals surface area (Å²) in [5, 5.41) is 0. The van der Waals surface area contributed by atoms with Crippen LogP contribution in [0.15, 0.2) is 97.2 Å². The Hall–Kier alpha value is -3.67. The summed E-state index contributed by atoms with van der Waals surface area (Å²) in [5.74, 6) is -0.870. The molecule has 466 valence electrons. The predicted molar refractivity (Wildman–Crippen MR) is 353 cm³/mol. The maximum Gasteiger partial charge on any atom is 0.306 e. The van der Waals surface area contributed by atoms with Gasteiger partial charge in [0.2, 0.25) is 0 Å². The third-order valence-corrected chi connectivity index (χ3v) is 15.1. The van der Waals surface area contributed by atoms with Gasteiger partial charge in [-0.2, -0.15) is 0 Å². The van der Waals surface area contributed by atoms with Gasteiger partial charge in [0, 0.05) is 19.3 Å². The fourth-order valence-electron chi connectivity index (χ4n) is 9.89. The molecular formula is C75H130O6. The van der Waals surface area contributed by atoms with E-state index in [1.165, 1.54) is 193 Å². The van der Waals surface area contributed by atoms with Crippen molar-refractivity contribution in [1.29, 1.82) is 0 Å². The summed E-state index contributed by atoms with van der Waals surface area (Å²) in [5.41, 5.74) is 0. The Morgan fingerprint density at radius 2 is 0.481 bits per heavy atom. The minimum Gasteiger partial charge on any atom is -0.462 e. The lowest BCUT2D eigenvalue weighted by Gasteiger charge is -2.18. The Kier molecular flexibility index (Phi) is 65.7. The van der Waals surface area contributed by atoms with Gasteiger partial charge in [-0.3, -0.25) is 14.4 Å². The van der Waals surface area contributed by atoms with Gasteiger partial charge in [0.1, 0.15) is 13.2 Å². The lowest BCUT2D eigenvalue weighted by atomic mass is 10.0. The highest BCUT2D eigenvalue weighted by molar-refractivity contribution is 5.71. The molecule has 0 rings (SSSR count). The van der Waals surface area contributed by atoms with Crippen molar-refractivity contribution in [3.05, 3.63) is 97.2 Å². The number of carbonyl (C=O) groups excluding carboxylic acids is 3. The van der Waals surface area contributed by atoms with E-state index >= 15 is 0 Å². The maximum atomic E-state index is 12.9. The fraction of sp³-hybridized carbons (Fsp3) is 0.747. The predicted octanol–water partition coefficient (Wildman–Crippen LogP) is 24.0. The molecule has 1 unspecified atom stereocenters. The lowest BCUT2D eigenvalue weighted by molar-refractivity contribution is -0.167. The first-order valence-electron chi connectivity index (χ1n) is 34.7. The van der Waals surface area contributed by atoms with Crippen molar-refractivity contribution in [3.8, 4) is 0 Å². The first-order valence-corrected chi connectivity index (χ1v) is 34.7. The van der Waals surface area contributed by atoms with Crippen LogP contribution in [0.1, 0.15) is 342 Å². The maximum absolute atomic E-state index is 12.9. The summed E-state index contributed by atoms with van der Waals surface area (Å²) in [4.78, 5) is 38.4. The van der Waals surface area contributed by atoms with Crippen molar-refractivity contribution in [2.75, 3.05) is 13.2 Å². The summed E-state index contributed by atoms with van der Waals surface area (Å²) in [6.45, 7) is 6.54. The molecule has 6 nitrogen and oxygen atoms in total. The molecule has 0 N–H and O–H groups in total. The largest absolute Gasteiger partial charge is 0.462 e. The van der Waals surface area contributed by atoms with E-state index in [0.29, 0.717) is 19.3 Å².